The minimum Gasteiger partial charge on any atom is -0.368 e. The smallest absolute Gasteiger partial charge is 0.294 e. The Balaban J connectivity index is 1.56. The molecule has 0 radical (unpaired) electrons. The first kappa shape index (κ1) is 21.4. The van der Waals surface area contributed by atoms with Gasteiger partial charge in [0.1, 0.15) is 13.1 Å². The highest BCUT2D eigenvalue weighted by atomic mass is 32.2. The van der Waals surface area contributed by atoms with E-state index >= 15 is 0 Å². The van der Waals surface area contributed by atoms with Crippen molar-refractivity contribution in [2.24, 2.45) is 5.73 Å². The van der Waals surface area contributed by atoms with Crippen LogP contribution in [0.4, 0.5) is 10.5 Å². The average Bonchev–Trinajstić information content (AvgIpc) is 3.22. The highest BCUT2D eigenvalue weighted by Gasteiger charge is 2.36. The van der Waals surface area contributed by atoms with E-state index in [4.69, 9.17) is 5.73 Å². The Bertz CT molecular complexity index is 1290. The number of aryl methyl sites for hydroxylation is 1. The number of primary amides is 1. The molecule has 32 heavy (non-hydrogen) atoms. The molecular weight excluding hydrogens is 428 g/mol. The van der Waals surface area contributed by atoms with E-state index in [2.05, 4.69) is 5.32 Å². The molecule has 0 aliphatic carbocycles. The van der Waals surface area contributed by atoms with Gasteiger partial charge in [0.25, 0.3) is 11.1 Å². The Labute approximate surface area is 188 Å². The molecule has 1 fully saturated rings. The van der Waals surface area contributed by atoms with Crippen molar-refractivity contribution >= 4 is 57.4 Å². The van der Waals surface area contributed by atoms with Crippen LogP contribution in [0.5, 0.6) is 0 Å². The third-order valence-corrected chi connectivity index (χ3v) is 5.93. The van der Waals surface area contributed by atoms with Gasteiger partial charge in [-0.15, -0.1) is 0 Å². The molecule has 4 amide bonds. The number of anilines is 1. The number of para-hydroxylation sites is 2. The first-order valence-electron chi connectivity index (χ1n) is 9.80. The highest BCUT2D eigenvalue weighted by Crippen LogP contribution is 2.34. The standard InChI is InChI=1S/C23H20N4O4S/c1-14-6-2-4-8-17(14)25-21(29)13-27-22(30)19(32-23(27)31)10-15-11-26(12-20(24)28)18-9-5-3-7-16(15)18/h2-11H,12-13H2,1H3,(H2,24,28)(H,25,29)/b19-10-. The first-order chi connectivity index (χ1) is 15.3. The molecule has 9 heteroatoms. The van der Waals surface area contributed by atoms with Crippen molar-refractivity contribution in [2.75, 3.05) is 11.9 Å². The lowest BCUT2D eigenvalue weighted by Gasteiger charge is -2.13. The summed E-state index contributed by atoms with van der Waals surface area (Å²) >= 11 is 0.777. The topological polar surface area (TPSA) is 114 Å². The summed E-state index contributed by atoms with van der Waals surface area (Å²) < 4.78 is 1.70. The Morgan fingerprint density at radius 1 is 1.06 bits per heavy atom. The van der Waals surface area contributed by atoms with Crippen LogP contribution in [0.3, 0.4) is 0 Å². The number of fused-ring (bicyclic) bond motifs is 1. The van der Waals surface area contributed by atoms with E-state index in [9.17, 15) is 19.2 Å². The summed E-state index contributed by atoms with van der Waals surface area (Å²) in [6, 6.07) is 14.6. The Morgan fingerprint density at radius 3 is 2.53 bits per heavy atom. The number of amides is 4. The van der Waals surface area contributed by atoms with Crippen LogP contribution < -0.4 is 11.1 Å². The molecule has 2 aromatic carbocycles. The molecule has 0 unspecified atom stereocenters. The van der Waals surface area contributed by atoms with Crippen LogP contribution in [0, 0.1) is 6.92 Å². The number of aromatic nitrogens is 1. The van der Waals surface area contributed by atoms with E-state index in [-0.39, 0.29) is 18.0 Å². The van der Waals surface area contributed by atoms with Gasteiger partial charge in [-0.05, 0) is 42.5 Å². The summed E-state index contributed by atoms with van der Waals surface area (Å²) in [4.78, 5) is 50.2. The van der Waals surface area contributed by atoms with Crippen molar-refractivity contribution in [1.29, 1.82) is 0 Å². The highest BCUT2D eigenvalue weighted by molar-refractivity contribution is 8.18. The van der Waals surface area contributed by atoms with Crippen molar-refractivity contribution in [3.05, 3.63) is 70.8 Å². The molecule has 3 N–H and O–H groups in total. The van der Waals surface area contributed by atoms with Gasteiger partial charge in [0.15, 0.2) is 0 Å². The second-order valence-electron chi connectivity index (χ2n) is 7.33. The fourth-order valence-corrected chi connectivity index (χ4v) is 4.34. The third kappa shape index (κ3) is 4.28. The molecule has 0 saturated carbocycles. The van der Waals surface area contributed by atoms with Crippen LogP contribution in [0.25, 0.3) is 17.0 Å². The van der Waals surface area contributed by atoms with Crippen molar-refractivity contribution in [2.45, 2.75) is 13.5 Å². The molecule has 1 aliphatic rings. The third-order valence-electron chi connectivity index (χ3n) is 5.03. The second-order valence-corrected chi connectivity index (χ2v) is 8.32. The number of hydrogen-bond acceptors (Lipinski definition) is 5. The van der Waals surface area contributed by atoms with Crippen molar-refractivity contribution in [1.82, 2.24) is 9.47 Å². The van der Waals surface area contributed by atoms with Gasteiger partial charge in [-0.25, -0.2) is 0 Å². The number of nitrogens with one attached hydrogen (secondary N) is 1. The van der Waals surface area contributed by atoms with Gasteiger partial charge < -0.3 is 15.6 Å². The van der Waals surface area contributed by atoms with E-state index in [0.29, 0.717) is 11.3 Å². The summed E-state index contributed by atoms with van der Waals surface area (Å²) in [5.41, 5.74) is 8.30. The van der Waals surface area contributed by atoms with Gasteiger partial charge >= 0.3 is 0 Å². The summed E-state index contributed by atoms with van der Waals surface area (Å²) in [5, 5.41) is 3.03. The molecule has 1 aromatic heterocycles. The number of thioether (sulfide) groups is 1. The van der Waals surface area contributed by atoms with Gasteiger partial charge in [0.2, 0.25) is 11.8 Å². The predicted molar refractivity (Wildman–Crippen MR) is 124 cm³/mol. The molecule has 8 nitrogen and oxygen atoms in total. The summed E-state index contributed by atoms with van der Waals surface area (Å²) in [6.07, 6.45) is 3.32. The molecule has 3 aromatic rings. The molecule has 162 valence electrons. The van der Waals surface area contributed by atoms with Gasteiger partial charge in [-0.3, -0.25) is 24.1 Å². The predicted octanol–water partition coefficient (Wildman–Crippen LogP) is 3.11. The first-order valence-corrected chi connectivity index (χ1v) is 10.6. The SMILES string of the molecule is Cc1ccccc1NC(=O)CN1C(=O)S/C(=C\c2cn(CC(N)=O)c3ccccc23)C1=O. The lowest BCUT2D eigenvalue weighted by atomic mass is 10.1. The van der Waals surface area contributed by atoms with Crippen LogP contribution in [0.2, 0.25) is 0 Å². The molecule has 2 heterocycles. The van der Waals surface area contributed by atoms with E-state index < -0.39 is 23.0 Å². The quantitative estimate of drug-likeness (QED) is 0.563. The fraction of sp³-hybridized carbons (Fsp3) is 0.130. The number of hydrogen-bond donors (Lipinski definition) is 2. The normalized spacial score (nSPS) is 15.0. The van der Waals surface area contributed by atoms with Crippen LogP contribution in [0.15, 0.2) is 59.6 Å². The van der Waals surface area contributed by atoms with Crippen LogP contribution in [0.1, 0.15) is 11.1 Å². The fourth-order valence-electron chi connectivity index (χ4n) is 3.51. The van der Waals surface area contributed by atoms with Crippen molar-refractivity contribution < 1.29 is 19.2 Å². The molecule has 0 atom stereocenters. The molecule has 1 aliphatic heterocycles. The van der Waals surface area contributed by atoms with Crippen LogP contribution >= 0.6 is 11.8 Å². The largest absolute Gasteiger partial charge is 0.368 e. The summed E-state index contributed by atoms with van der Waals surface area (Å²) in [6.45, 7) is 1.47. The van der Waals surface area contributed by atoms with Gasteiger partial charge in [0.05, 0.1) is 4.91 Å². The minimum absolute atomic E-state index is 0.00505. The van der Waals surface area contributed by atoms with Gasteiger partial charge in [0, 0.05) is 28.4 Å². The number of nitrogens with zero attached hydrogens (tertiary/aromatic N) is 2. The van der Waals surface area contributed by atoms with E-state index in [0.717, 1.165) is 33.1 Å². The molecular formula is C23H20N4O4S. The number of nitrogens with two attached hydrogens (primary N) is 1. The Kier molecular flexibility index (Phi) is 5.83. The van der Waals surface area contributed by atoms with E-state index in [1.807, 2.05) is 43.3 Å². The minimum atomic E-state index is -0.535. The van der Waals surface area contributed by atoms with Crippen LogP contribution in [-0.2, 0) is 20.9 Å². The Hall–Kier alpha value is -3.85. The zero-order valence-electron chi connectivity index (χ0n) is 17.2. The van der Waals surface area contributed by atoms with Crippen molar-refractivity contribution in [3.8, 4) is 0 Å². The summed E-state index contributed by atoms with van der Waals surface area (Å²) in [5.74, 6) is -1.48. The van der Waals surface area contributed by atoms with Gasteiger partial charge in [-0.1, -0.05) is 36.4 Å². The Morgan fingerprint density at radius 2 is 1.78 bits per heavy atom. The number of imide groups is 1. The zero-order valence-corrected chi connectivity index (χ0v) is 18.0. The monoisotopic (exact) mass is 448 g/mol. The van der Waals surface area contributed by atoms with E-state index in [1.54, 1.807) is 29.0 Å². The molecule has 4 rings (SSSR count). The maximum absolute atomic E-state index is 12.9. The maximum Gasteiger partial charge on any atom is 0.294 e. The van der Waals surface area contributed by atoms with Crippen LogP contribution in [-0.4, -0.2) is 39.0 Å². The molecule has 1 saturated heterocycles. The maximum atomic E-state index is 12.9. The lowest BCUT2D eigenvalue weighted by molar-refractivity contribution is -0.127. The molecule has 0 bridgehead atoms. The number of carbonyl (C=O) groups excluding carboxylic acids is 4. The zero-order chi connectivity index (χ0) is 22.8. The van der Waals surface area contributed by atoms with Gasteiger partial charge in [-0.2, -0.15) is 0 Å². The summed E-state index contributed by atoms with van der Waals surface area (Å²) in [7, 11) is 0. The average molecular weight is 449 g/mol. The molecule has 0 spiro atoms. The number of rotatable bonds is 6. The van der Waals surface area contributed by atoms with Crippen molar-refractivity contribution in [3.63, 3.8) is 0 Å². The lowest BCUT2D eigenvalue weighted by Crippen LogP contribution is -2.36. The number of carbonyl (C=O) groups is 4. The van der Waals surface area contributed by atoms with E-state index in [1.165, 1.54) is 0 Å². The second kappa shape index (κ2) is 8.72. The number of benzene rings is 2.